The predicted octanol–water partition coefficient (Wildman–Crippen LogP) is 2.11. The van der Waals surface area contributed by atoms with E-state index in [9.17, 15) is 5.11 Å². The monoisotopic (exact) mass is 241 g/mol. The van der Waals surface area contributed by atoms with Crippen LogP contribution in [0.4, 0.5) is 0 Å². The van der Waals surface area contributed by atoms with Gasteiger partial charge >= 0.3 is 0 Å². The summed E-state index contributed by atoms with van der Waals surface area (Å²) in [6.07, 6.45) is 5.17. The maximum absolute atomic E-state index is 10.2. The van der Waals surface area contributed by atoms with Crippen molar-refractivity contribution >= 4 is 0 Å². The van der Waals surface area contributed by atoms with Gasteiger partial charge < -0.3 is 15.2 Å². The van der Waals surface area contributed by atoms with Crippen molar-refractivity contribution in [2.45, 2.75) is 45.6 Å². The maximum Gasteiger partial charge on any atom is 0.0743 e. The van der Waals surface area contributed by atoms with Gasteiger partial charge in [-0.05, 0) is 37.7 Å². The highest BCUT2D eigenvalue weighted by atomic mass is 16.5. The molecule has 1 rings (SSSR count). The van der Waals surface area contributed by atoms with Crippen molar-refractivity contribution in [1.29, 1.82) is 0 Å². The Morgan fingerprint density at radius 2 is 2.29 bits per heavy atom. The zero-order valence-electron chi connectivity index (χ0n) is 11.5. The number of aliphatic hydroxyl groups is 1. The third-order valence-electron chi connectivity index (χ3n) is 3.10. The van der Waals surface area contributed by atoms with Crippen LogP contribution in [0.25, 0.3) is 0 Å². The van der Waals surface area contributed by atoms with E-state index in [0.29, 0.717) is 12.5 Å². The zero-order chi connectivity index (χ0) is 12.7. The van der Waals surface area contributed by atoms with Gasteiger partial charge in [0, 0.05) is 13.1 Å². The molecule has 0 saturated carbocycles. The number of rotatable bonds is 7. The third kappa shape index (κ3) is 6.81. The summed E-state index contributed by atoms with van der Waals surface area (Å²) >= 11 is 0. The highest BCUT2D eigenvalue weighted by Crippen LogP contribution is 2.15. The lowest BCUT2D eigenvalue weighted by Gasteiger charge is -2.25. The van der Waals surface area contributed by atoms with E-state index in [0.717, 1.165) is 39.0 Å². The van der Waals surface area contributed by atoms with Crippen LogP contribution >= 0.6 is 0 Å². The van der Waals surface area contributed by atoms with Gasteiger partial charge in [0.2, 0.25) is 0 Å². The van der Waals surface area contributed by atoms with Crippen molar-refractivity contribution in [2.24, 2.45) is 5.92 Å². The second-order valence-corrected chi connectivity index (χ2v) is 5.74. The van der Waals surface area contributed by atoms with Crippen LogP contribution in [-0.2, 0) is 4.74 Å². The standard InChI is InChI=1S/C14H27NO2/c1-12(2)6-7-14(3,16)11-15-9-13-5-4-8-17-10-13/h5,12,15-16H,4,6-11H2,1-3H3. The second kappa shape index (κ2) is 7.14. The summed E-state index contributed by atoms with van der Waals surface area (Å²) in [5.74, 6) is 0.649. The van der Waals surface area contributed by atoms with Gasteiger partial charge in [-0.2, -0.15) is 0 Å². The third-order valence-corrected chi connectivity index (χ3v) is 3.10. The van der Waals surface area contributed by atoms with Crippen molar-refractivity contribution < 1.29 is 9.84 Å². The molecule has 0 aromatic rings. The topological polar surface area (TPSA) is 41.5 Å². The Balaban J connectivity index is 2.17. The van der Waals surface area contributed by atoms with E-state index in [1.165, 1.54) is 5.57 Å². The van der Waals surface area contributed by atoms with E-state index in [2.05, 4.69) is 25.2 Å². The van der Waals surface area contributed by atoms with Crippen LogP contribution in [0.1, 0.15) is 40.0 Å². The minimum absolute atomic E-state index is 0.597. The van der Waals surface area contributed by atoms with Crippen LogP contribution in [0.15, 0.2) is 11.6 Å². The SMILES string of the molecule is CC(C)CCC(C)(O)CNCC1=CCCOC1. The minimum atomic E-state index is -0.597. The molecule has 1 aliphatic heterocycles. The summed E-state index contributed by atoms with van der Waals surface area (Å²) < 4.78 is 5.37. The van der Waals surface area contributed by atoms with Crippen molar-refractivity contribution in [3.05, 3.63) is 11.6 Å². The quantitative estimate of drug-likeness (QED) is 0.671. The number of hydrogen-bond acceptors (Lipinski definition) is 3. The second-order valence-electron chi connectivity index (χ2n) is 5.74. The molecule has 1 atom stereocenters. The lowest BCUT2D eigenvalue weighted by atomic mass is 9.95. The smallest absolute Gasteiger partial charge is 0.0743 e. The molecule has 0 bridgehead atoms. The van der Waals surface area contributed by atoms with Crippen LogP contribution in [-0.4, -0.2) is 37.0 Å². The van der Waals surface area contributed by atoms with Gasteiger partial charge in [0.15, 0.2) is 0 Å². The van der Waals surface area contributed by atoms with Crippen LogP contribution in [0.5, 0.6) is 0 Å². The van der Waals surface area contributed by atoms with Gasteiger partial charge in [-0.3, -0.25) is 0 Å². The lowest BCUT2D eigenvalue weighted by molar-refractivity contribution is 0.0457. The Kier molecular flexibility index (Phi) is 6.17. The Morgan fingerprint density at radius 3 is 2.88 bits per heavy atom. The summed E-state index contributed by atoms with van der Waals surface area (Å²) in [5, 5.41) is 13.5. The molecule has 1 aliphatic rings. The molecule has 0 aliphatic carbocycles. The van der Waals surface area contributed by atoms with E-state index in [-0.39, 0.29) is 0 Å². The molecule has 0 aromatic heterocycles. The average Bonchev–Trinajstić information content (AvgIpc) is 2.28. The molecule has 3 nitrogen and oxygen atoms in total. The molecule has 17 heavy (non-hydrogen) atoms. The molecule has 100 valence electrons. The molecule has 2 N–H and O–H groups in total. The summed E-state index contributed by atoms with van der Waals surface area (Å²) in [6.45, 7) is 9.35. The molecule has 0 aromatic carbocycles. The lowest BCUT2D eigenvalue weighted by Crippen LogP contribution is -2.39. The summed E-state index contributed by atoms with van der Waals surface area (Å²) in [6, 6.07) is 0. The van der Waals surface area contributed by atoms with E-state index < -0.39 is 5.60 Å². The number of hydrogen-bond donors (Lipinski definition) is 2. The van der Waals surface area contributed by atoms with Crippen LogP contribution in [0.3, 0.4) is 0 Å². The molecule has 3 heteroatoms. The maximum atomic E-state index is 10.2. The first-order chi connectivity index (χ1) is 7.99. The highest BCUT2D eigenvalue weighted by Gasteiger charge is 2.20. The molecule has 1 heterocycles. The Hall–Kier alpha value is -0.380. The first-order valence-corrected chi connectivity index (χ1v) is 6.68. The largest absolute Gasteiger partial charge is 0.389 e. The van der Waals surface area contributed by atoms with Crippen molar-refractivity contribution in [3.63, 3.8) is 0 Å². The first kappa shape index (κ1) is 14.7. The van der Waals surface area contributed by atoms with Crippen molar-refractivity contribution in [3.8, 4) is 0 Å². The first-order valence-electron chi connectivity index (χ1n) is 6.68. The normalized spacial score (nSPS) is 20.2. The summed E-state index contributed by atoms with van der Waals surface area (Å²) in [7, 11) is 0. The molecule has 0 amide bonds. The molecule has 0 fully saturated rings. The van der Waals surface area contributed by atoms with Crippen molar-refractivity contribution in [1.82, 2.24) is 5.32 Å². The van der Waals surface area contributed by atoms with Gasteiger partial charge in [0.1, 0.15) is 0 Å². The van der Waals surface area contributed by atoms with Crippen LogP contribution in [0, 0.1) is 5.92 Å². The fourth-order valence-corrected chi connectivity index (χ4v) is 1.91. The summed E-state index contributed by atoms with van der Waals surface area (Å²) in [4.78, 5) is 0. The van der Waals surface area contributed by atoms with Gasteiger partial charge in [-0.1, -0.05) is 19.9 Å². The van der Waals surface area contributed by atoms with Gasteiger partial charge in [0.05, 0.1) is 18.8 Å². The fraction of sp³-hybridized carbons (Fsp3) is 0.857. The minimum Gasteiger partial charge on any atom is -0.389 e. The van der Waals surface area contributed by atoms with Crippen LogP contribution in [0.2, 0.25) is 0 Å². The molecule has 0 spiro atoms. The number of nitrogens with one attached hydrogen (secondary N) is 1. The van der Waals surface area contributed by atoms with Crippen molar-refractivity contribution in [2.75, 3.05) is 26.3 Å². The molecule has 0 saturated heterocycles. The van der Waals surface area contributed by atoms with E-state index >= 15 is 0 Å². The van der Waals surface area contributed by atoms with Crippen LogP contribution < -0.4 is 5.32 Å². The van der Waals surface area contributed by atoms with Gasteiger partial charge in [-0.15, -0.1) is 0 Å². The van der Waals surface area contributed by atoms with E-state index in [4.69, 9.17) is 4.74 Å². The Bertz CT molecular complexity index is 247. The molecule has 1 unspecified atom stereocenters. The molecular formula is C14H27NO2. The Labute approximate surface area is 105 Å². The zero-order valence-corrected chi connectivity index (χ0v) is 11.5. The predicted molar refractivity (Wildman–Crippen MR) is 71.1 cm³/mol. The summed E-state index contributed by atoms with van der Waals surface area (Å²) in [5.41, 5.74) is 0.705. The molecular weight excluding hydrogens is 214 g/mol. The van der Waals surface area contributed by atoms with E-state index in [1.54, 1.807) is 0 Å². The van der Waals surface area contributed by atoms with E-state index in [1.807, 2.05) is 6.92 Å². The fourth-order valence-electron chi connectivity index (χ4n) is 1.91. The molecule has 0 radical (unpaired) electrons. The van der Waals surface area contributed by atoms with Gasteiger partial charge in [-0.25, -0.2) is 0 Å². The van der Waals surface area contributed by atoms with Gasteiger partial charge in [0.25, 0.3) is 0 Å². The Morgan fingerprint density at radius 1 is 1.53 bits per heavy atom. The highest BCUT2D eigenvalue weighted by molar-refractivity contribution is 5.06. The number of ether oxygens (including phenoxy) is 1. The average molecular weight is 241 g/mol.